The molecule has 0 atom stereocenters. The molecule has 4 rings (SSSR count). The monoisotopic (exact) mass is 492 g/mol. The number of carbonyl (C=O) groups excluding carboxylic acids is 3. The van der Waals surface area contributed by atoms with Gasteiger partial charge < -0.3 is 15.6 Å². The highest BCUT2D eigenvalue weighted by molar-refractivity contribution is 7.99. The van der Waals surface area contributed by atoms with E-state index in [9.17, 15) is 14.4 Å². The molecule has 1 heterocycles. The number of nitrogens with zero attached hydrogens (tertiary/aromatic N) is 2. The Morgan fingerprint density at radius 2 is 1.76 bits per heavy atom. The molecule has 0 saturated heterocycles. The molecule has 0 radical (unpaired) electrons. The maximum absolute atomic E-state index is 12.7. The third-order valence-corrected chi connectivity index (χ3v) is 6.31. The van der Waals surface area contributed by atoms with Gasteiger partial charge in [-0.3, -0.25) is 14.4 Å². The van der Waals surface area contributed by atoms with E-state index in [1.807, 2.05) is 47.0 Å². The predicted octanol–water partition coefficient (Wildman–Crippen LogP) is 4.77. The molecule has 3 aromatic carbocycles. The molecule has 4 aromatic rings. The minimum atomic E-state index is -0.679. The Hall–Kier alpha value is -3.62. The number of imidazole rings is 1. The molecule has 7 nitrogen and oxygen atoms in total. The molecule has 1 aromatic heterocycles. The summed E-state index contributed by atoms with van der Waals surface area (Å²) in [5.41, 5.74) is 8.89. The van der Waals surface area contributed by atoms with E-state index in [4.69, 9.17) is 17.3 Å². The Labute approximate surface area is 205 Å². The zero-order valence-corrected chi connectivity index (χ0v) is 19.8. The molecule has 9 heteroatoms. The Morgan fingerprint density at radius 3 is 2.47 bits per heavy atom. The highest BCUT2D eigenvalue weighted by Gasteiger charge is 2.15. The third-order valence-electron chi connectivity index (χ3n) is 5.10. The molecule has 0 saturated carbocycles. The number of hydrogen-bond acceptors (Lipinski definition) is 5. The van der Waals surface area contributed by atoms with Gasteiger partial charge in [0.15, 0.2) is 10.9 Å². The minimum Gasteiger partial charge on any atom is -0.366 e. The highest BCUT2D eigenvalue weighted by Crippen LogP contribution is 2.27. The average molecular weight is 493 g/mol. The van der Waals surface area contributed by atoms with Gasteiger partial charge in [0.2, 0.25) is 11.8 Å². The van der Waals surface area contributed by atoms with Crippen molar-refractivity contribution in [3.05, 3.63) is 88.4 Å². The van der Waals surface area contributed by atoms with Crippen molar-refractivity contribution in [1.29, 1.82) is 0 Å². The Bertz CT molecular complexity index is 1370. The van der Waals surface area contributed by atoms with E-state index >= 15 is 0 Å². The van der Waals surface area contributed by atoms with Crippen molar-refractivity contribution in [2.75, 3.05) is 11.1 Å². The predicted molar refractivity (Wildman–Crippen MR) is 135 cm³/mol. The zero-order valence-electron chi connectivity index (χ0n) is 18.2. The number of Topliss-reactive ketones (excluding diaryl/α,β-unsaturated/α-hetero) is 1. The van der Waals surface area contributed by atoms with Gasteiger partial charge >= 0.3 is 0 Å². The van der Waals surface area contributed by atoms with Gasteiger partial charge in [0, 0.05) is 21.8 Å². The number of carbonyl (C=O) groups is 3. The summed E-state index contributed by atoms with van der Waals surface area (Å²) in [7, 11) is 0. The second kappa shape index (κ2) is 10.1. The molecule has 2 amide bonds. The Balaban J connectivity index is 1.55. The van der Waals surface area contributed by atoms with Crippen LogP contribution in [-0.4, -0.2) is 32.9 Å². The lowest BCUT2D eigenvalue weighted by Gasteiger charge is -2.10. The number of halogens is 1. The number of nitrogens with two attached hydrogens (primary N) is 1. The normalized spacial score (nSPS) is 10.9. The Kier molecular flexibility index (Phi) is 7.00. The maximum atomic E-state index is 12.7. The third kappa shape index (κ3) is 5.47. The van der Waals surface area contributed by atoms with E-state index in [1.165, 1.54) is 36.9 Å². The molecule has 3 N–H and O–H groups in total. The van der Waals surface area contributed by atoms with Crippen molar-refractivity contribution in [3.8, 4) is 0 Å². The average Bonchev–Trinajstić information content (AvgIpc) is 3.14. The number of benzene rings is 3. The van der Waals surface area contributed by atoms with Gasteiger partial charge in [-0.25, -0.2) is 4.98 Å². The van der Waals surface area contributed by atoms with Crippen LogP contribution in [0.15, 0.2) is 71.9 Å². The summed E-state index contributed by atoms with van der Waals surface area (Å²) in [5, 5.41) is 3.99. The van der Waals surface area contributed by atoms with E-state index in [0.29, 0.717) is 28.0 Å². The fourth-order valence-corrected chi connectivity index (χ4v) is 4.46. The first kappa shape index (κ1) is 23.5. The molecule has 0 aliphatic heterocycles. The first-order valence-corrected chi connectivity index (χ1v) is 11.7. The summed E-state index contributed by atoms with van der Waals surface area (Å²) in [4.78, 5) is 40.7. The molecular weight excluding hydrogens is 472 g/mol. The number of thioether (sulfide) groups is 1. The van der Waals surface area contributed by atoms with Gasteiger partial charge in [-0.2, -0.15) is 0 Å². The van der Waals surface area contributed by atoms with Crippen LogP contribution in [0, 0.1) is 0 Å². The quantitative estimate of drug-likeness (QED) is 0.272. The standard InChI is InChI=1S/C25H21ClN4O3S/c1-15(31)17-9-18(24(27)33)11-20(10-17)28-23(32)14-34-25-29-21-12-19(26)7-8-22(21)30(25)13-16-5-3-2-4-6-16/h2-12H,13-14H2,1H3,(H2,27,33)(H,28,32). The largest absolute Gasteiger partial charge is 0.366 e. The molecule has 172 valence electrons. The van der Waals surface area contributed by atoms with Crippen LogP contribution in [0.1, 0.15) is 33.2 Å². The zero-order chi connectivity index (χ0) is 24.2. The number of anilines is 1. The SMILES string of the molecule is CC(=O)c1cc(NC(=O)CSc2nc3cc(Cl)ccc3n2Cc2ccccc2)cc(C(N)=O)c1. The van der Waals surface area contributed by atoms with Crippen LogP contribution < -0.4 is 11.1 Å². The summed E-state index contributed by atoms with van der Waals surface area (Å²) >= 11 is 7.44. The Morgan fingerprint density at radius 1 is 1.03 bits per heavy atom. The summed E-state index contributed by atoms with van der Waals surface area (Å²) in [6, 6.07) is 19.9. The number of nitrogens with one attached hydrogen (secondary N) is 1. The van der Waals surface area contributed by atoms with Gasteiger partial charge in [-0.1, -0.05) is 53.7 Å². The van der Waals surface area contributed by atoms with Gasteiger partial charge in [0.1, 0.15) is 0 Å². The van der Waals surface area contributed by atoms with Crippen molar-refractivity contribution in [3.63, 3.8) is 0 Å². The molecule has 0 bridgehead atoms. The number of aromatic nitrogens is 2. The van der Waals surface area contributed by atoms with Crippen LogP contribution >= 0.6 is 23.4 Å². The molecular formula is C25H21ClN4O3S. The molecule has 0 fully saturated rings. The lowest BCUT2D eigenvalue weighted by molar-refractivity contribution is -0.113. The second-order valence-corrected chi connectivity index (χ2v) is 9.03. The molecule has 0 aliphatic rings. The van der Waals surface area contributed by atoms with Crippen LogP contribution in [0.4, 0.5) is 5.69 Å². The first-order chi connectivity index (χ1) is 16.3. The number of amides is 2. The van der Waals surface area contributed by atoms with E-state index in [2.05, 4.69) is 10.3 Å². The summed E-state index contributed by atoms with van der Waals surface area (Å²) < 4.78 is 2.04. The molecule has 0 unspecified atom stereocenters. The van der Waals surface area contributed by atoms with Crippen LogP contribution in [0.5, 0.6) is 0 Å². The lowest BCUT2D eigenvalue weighted by Crippen LogP contribution is -2.17. The number of primary amides is 1. The number of fused-ring (bicyclic) bond motifs is 1. The fraction of sp³-hybridized carbons (Fsp3) is 0.120. The highest BCUT2D eigenvalue weighted by atomic mass is 35.5. The molecule has 0 spiro atoms. The van der Waals surface area contributed by atoms with Crippen LogP contribution in [-0.2, 0) is 11.3 Å². The van der Waals surface area contributed by atoms with Crippen LogP contribution in [0.2, 0.25) is 5.02 Å². The van der Waals surface area contributed by atoms with Crippen molar-refractivity contribution in [2.45, 2.75) is 18.6 Å². The van der Waals surface area contributed by atoms with Gasteiger partial charge in [-0.05, 0) is 48.9 Å². The van der Waals surface area contributed by atoms with Gasteiger partial charge in [-0.15, -0.1) is 0 Å². The van der Waals surface area contributed by atoms with E-state index < -0.39 is 5.91 Å². The van der Waals surface area contributed by atoms with E-state index in [1.54, 1.807) is 6.07 Å². The molecule has 34 heavy (non-hydrogen) atoms. The summed E-state index contributed by atoms with van der Waals surface area (Å²) in [6.45, 7) is 1.97. The number of ketones is 1. The van der Waals surface area contributed by atoms with Gasteiger partial charge in [0.05, 0.1) is 23.3 Å². The van der Waals surface area contributed by atoms with Crippen LogP contribution in [0.25, 0.3) is 11.0 Å². The molecule has 0 aliphatic carbocycles. The summed E-state index contributed by atoms with van der Waals surface area (Å²) in [6.07, 6.45) is 0. The van der Waals surface area contributed by atoms with E-state index in [0.717, 1.165) is 16.6 Å². The summed E-state index contributed by atoms with van der Waals surface area (Å²) in [5.74, 6) is -1.15. The van der Waals surface area contributed by atoms with Crippen molar-refractivity contribution in [1.82, 2.24) is 9.55 Å². The smallest absolute Gasteiger partial charge is 0.248 e. The van der Waals surface area contributed by atoms with Crippen molar-refractivity contribution in [2.24, 2.45) is 5.73 Å². The minimum absolute atomic E-state index is 0.0715. The lowest BCUT2D eigenvalue weighted by atomic mass is 10.1. The van der Waals surface area contributed by atoms with Crippen LogP contribution in [0.3, 0.4) is 0 Å². The van der Waals surface area contributed by atoms with Crippen molar-refractivity contribution >= 4 is 57.7 Å². The number of rotatable bonds is 8. The second-order valence-electron chi connectivity index (χ2n) is 7.66. The van der Waals surface area contributed by atoms with Gasteiger partial charge in [0.25, 0.3) is 0 Å². The van der Waals surface area contributed by atoms with Crippen molar-refractivity contribution < 1.29 is 14.4 Å². The first-order valence-electron chi connectivity index (χ1n) is 10.4. The number of hydrogen-bond donors (Lipinski definition) is 2. The van der Waals surface area contributed by atoms with E-state index in [-0.39, 0.29) is 23.0 Å². The topological polar surface area (TPSA) is 107 Å². The fourth-order valence-electron chi connectivity index (χ4n) is 3.48. The maximum Gasteiger partial charge on any atom is 0.248 e.